The van der Waals surface area contributed by atoms with Crippen LogP contribution >= 0.6 is 11.8 Å². The Morgan fingerprint density at radius 2 is 2.07 bits per heavy atom. The second kappa shape index (κ2) is 8.53. The summed E-state index contributed by atoms with van der Waals surface area (Å²) < 4.78 is 6.51. The van der Waals surface area contributed by atoms with Gasteiger partial charge in [0, 0.05) is 17.4 Å². The van der Waals surface area contributed by atoms with Crippen LogP contribution in [-0.4, -0.2) is 38.2 Å². The molecule has 2 aromatic carbocycles. The molecule has 3 aromatic rings. The lowest BCUT2D eigenvalue weighted by Gasteiger charge is -2.06. The molecule has 0 amide bonds. The number of aromatic hydroxyl groups is 1. The van der Waals surface area contributed by atoms with Crippen molar-refractivity contribution in [2.45, 2.75) is 17.8 Å². The number of thioether (sulfide) groups is 1. The molecule has 144 valence electrons. The Morgan fingerprint density at radius 1 is 1.32 bits per heavy atom. The maximum absolute atomic E-state index is 11.1. The summed E-state index contributed by atoms with van der Waals surface area (Å²) in [5.74, 6) is 0.990. The molecule has 0 unspecified atom stereocenters. The molecule has 0 fully saturated rings. The van der Waals surface area contributed by atoms with E-state index in [1.807, 2.05) is 30.3 Å². The van der Waals surface area contributed by atoms with Gasteiger partial charge in [-0.3, -0.25) is 10.1 Å². The van der Waals surface area contributed by atoms with Gasteiger partial charge in [0.25, 0.3) is 5.69 Å². The molecular weight excluding hydrogens is 382 g/mol. The van der Waals surface area contributed by atoms with Crippen LogP contribution in [0.3, 0.4) is 0 Å². The maximum atomic E-state index is 11.1. The van der Waals surface area contributed by atoms with Crippen molar-refractivity contribution in [1.82, 2.24) is 14.9 Å². The first-order valence-electron chi connectivity index (χ1n) is 8.18. The molecule has 0 bridgehead atoms. The van der Waals surface area contributed by atoms with Gasteiger partial charge >= 0.3 is 0 Å². The summed E-state index contributed by atoms with van der Waals surface area (Å²) in [4.78, 5) is 10.5. The molecule has 0 radical (unpaired) electrons. The quantitative estimate of drug-likeness (QED) is 0.280. The molecule has 10 heteroatoms. The normalized spacial score (nSPS) is 11.1. The molecule has 3 rings (SSSR count). The first-order chi connectivity index (χ1) is 13.5. The Hall–Kier alpha value is -3.40. The van der Waals surface area contributed by atoms with Gasteiger partial charge in [-0.15, -0.1) is 10.2 Å². The van der Waals surface area contributed by atoms with E-state index < -0.39 is 4.92 Å². The average Bonchev–Trinajstić information content (AvgIpc) is 3.05. The average molecular weight is 399 g/mol. The van der Waals surface area contributed by atoms with E-state index in [1.165, 1.54) is 35.8 Å². The number of nitro benzene ring substituents is 1. The van der Waals surface area contributed by atoms with Crippen molar-refractivity contribution in [2.24, 2.45) is 5.10 Å². The zero-order valence-electron chi connectivity index (χ0n) is 15.1. The third kappa shape index (κ3) is 4.29. The summed E-state index contributed by atoms with van der Waals surface area (Å²) >= 11 is 1.46. The Kier molecular flexibility index (Phi) is 5.90. The van der Waals surface area contributed by atoms with Gasteiger partial charge in [0.2, 0.25) is 5.16 Å². The zero-order valence-corrected chi connectivity index (χ0v) is 16.0. The van der Waals surface area contributed by atoms with E-state index in [0.717, 1.165) is 11.6 Å². The van der Waals surface area contributed by atoms with E-state index in [4.69, 9.17) is 4.74 Å². The van der Waals surface area contributed by atoms with Gasteiger partial charge in [-0.2, -0.15) is 9.78 Å². The third-order valence-corrected chi connectivity index (χ3v) is 4.80. The maximum Gasteiger partial charge on any atom is 0.274 e. The number of aromatic nitrogens is 3. The van der Waals surface area contributed by atoms with E-state index in [0.29, 0.717) is 16.7 Å². The number of methoxy groups -OCH3 is 1. The summed E-state index contributed by atoms with van der Waals surface area (Å²) in [5.41, 5.74) is 1.07. The van der Waals surface area contributed by atoms with Gasteiger partial charge in [-0.25, -0.2) is 0 Å². The molecule has 0 saturated heterocycles. The van der Waals surface area contributed by atoms with Gasteiger partial charge in [0.05, 0.1) is 24.3 Å². The highest BCUT2D eigenvalue weighted by Gasteiger charge is 2.16. The van der Waals surface area contributed by atoms with Crippen LogP contribution in [0.4, 0.5) is 5.69 Å². The lowest BCUT2D eigenvalue weighted by Crippen LogP contribution is -1.98. The van der Waals surface area contributed by atoms with Crippen LogP contribution in [0.2, 0.25) is 0 Å². The summed E-state index contributed by atoms with van der Waals surface area (Å²) in [6.07, 6.45) is 1.31. The molecule has 0 aliphatic heterocycles. The van der Waals surface area contributed by atoms with Crippen molar-refractivity contribution in [1.29, 1.82) is 0 Å². The number of hydrogen-bond acceptors (Lipinski definition) is 8. The van der Waals surface area contributed by atoms with E-state index in [-0.39, 0.29) is 22.7 Å². The van der Waals surface area contributed by atoms with Crippen LogP contribution in [0, 0.1) is 17.0 Å². The second-order valence-electron chi connectivity index (χ2n) is 5.70. The summed E-state index contributed by atoms with van der Waals surface area (Å²) in [5, 5.41) is 34.3. The van der Waals surface area contributed by atoms with Gasteiger partial charge in [0.1, 0.15) is 0 Å². The SMILES string of the molecule is COc1cc([N+](=O)[O-])cc(/C=N\n2c(C)nnc2SCc2ccccc2)c1O. The van der Waals surface area contributed by atoms with E-state index in [1.54, 1.807) is 6.92 Å². The largest absolute Gasteiger partial charge is 0.504 e. The highest BCUT2D eigenvalue weighted by molar-refractivity contribution is 7.98. The number of rotatable bonds is 7. The highest BCUT2D eigenvalue weighted by Crippen LogP contribution is 2.33. The molecule has 0 atom stereocenters. The minimum atomic E-state index is -0.565. The molecular formula is C18H17N5O4S. The number of benzene rings is 2. The molecule has 28 heavy (non-hydrogen) atoms. The molecule has 1 N–H and O–H groups in total. The lowest BCUT2D eigenvalue weighted by atomic mass is 10.2. The number of nitro groups is 1. The standard InChI is InChI=1S/C18H17N5O4S/c1-12-20-21-18(28-11-13-6-4-3-5-7-13)22(12)19-10-14-8-15(23(25)26)9-16(27-2)17(14)24/h3-10,24H,11H2,1-2H3/b19-10-. The summed E-state index contributed by atoms with van der Waals surface area (Å²) in [6.45, 7) is 1.74. The topological polar surface area (TPSA) is 116 Å². The summed E-state index contributed by atoms with van der Waals surface area (Å²) in [6, 6.07) is 12.3. The molecule has 1 heterocycles. The molecule has 0 spiro atoms. The van der Waals surface area contributed by atoms with E-state index >= 15 is 0 Å². The van der Waals surface area contributed by atoms with Crippen molar-refractivity contribution in [3.8, 4) is 11.5 Å². The van der Waals surface area contributed by atoms with Gasteiger partial charge < -0.3 is 9.84 Å². The number of ether oxygens (including phenoxy) is 1. The van der Waals surface area contributed by atoms with Crippen molar-refractivity contribution in [3.05, 3.63) is 69.5 Å². The van der Waals surface area contributed by atoms with Crippen LogP contribution in [0.25, 0.3) is 0 Å². The molecule has 0 aliphatic carbocycles. The fourth-order valence-electron chi connectivity index (χ4n) is 2.38. The Labute approximate surface area is 164 Å². The van der Waals surface area contributed by atoms with Gasteiger partial charge in [0.15, 0.2) is 17.3 Å². The predicted octanol–water partition coefficient (Wildman–Crippen LogP) is 3.38. The summed E-state index contributed by atoms with van der Waals surface area (Å²) in [7, 11) is 1.32. The molecule has 0 saturated carbocycles. The Bertz CT molecular complexity index is 1020. The van der Waals surface area contributed by atoms with Crippen LogP contribution in [0.1, 0.15) is 17.0 Å². The van der Waals surface area contributed by atoms with Gasteiger partial charge in [-0.05, 0) is 12.5 Å². The van der Waals surface area contributed by atoms with Crippen molar-refractivity contribution < 1.29 is 14.8 Å². The fraction of sp³-hybridized carbons (Fsp3) is 0.167. The van der Waals surface area contributed by atoms with E-state index in [2.05, 4.69) is 15.3 Å². The monoisotopic (exact) mass is 399 g/mol. The number of phenols is 1. The predicted molar refractivity (Wildman–Crippen MR) is 105 cm³/mol. The minimum Gasteiger partial charge on any atom is -0.504 e. The fourth-order valence-corrected chi connectivity index (χ4v) is 3.27. The first kappa shape index (κ1) is 19.4. The number of aryl methyl sites for hydroxylation is 1. The Morgan fingerprint density at radius 3 is 2.75 bits per heavy atom. The van der Waals surface area contributed by atoms with Crippen molar-refractivity contribution in [2.75, 3.05) is 7.11 Å². The molecule has 0 aliphatic rings. The van der Waals surface area contributed by atoms with Crippen LogP contribution < -0.4 is 4.74 Å². The number of nitrogens with zero attached hydrogens (tertiary/aromatic N) is 5. The van der Waals surface area contributed by atoms with Gasteiger partial charge in [-0.1, -0.05) is 42.1 Å². The van der Waals surface area contributed by atoms with Crippen LogP contribution in [-0.2, 0) is 5.75 Å². The third-order valence-electron chi connectivity index (χ3n) is 3.81. The first-order valence-corrected chi connectivity index (χ1v) is 9.16. The zero-order chi connectivity index (χ0) is 20.1. The molecule has 9 nitrogen and oxygen atoms in total. The van der Waals surface area contributed by atoms with Crippen molar-refractivity contribution in [3.63, 3.8) is 0 Å². The smallest absolute Gasteiger partial charge is 0.274 e. The highest BCUT2D eigenvalue weighted by atomic mass is 32.2. The minimum absolute atomic E-state index is 0.00481. The molecule has 1 aromatic heterocycles. The second-order valence-corrected chi connectivity index (χ2v) is 6.65. The van der Waals surface area contributed by atoms with Crippen molar-refractivity contribution >= 4 is 23.7 Å². The number of phenolic OH excluding ortho intramolecular Hbond substituents is 1. The van der Waals surface area contributed by atoms with E-state index in [9.17, 15) is 15.2 Å². The lowest BCUT2D eigenvalue weighted by molar-refractivity contribution is -0.385. The van der Waals surface area contributed by atoms with Crippen LogP contribution in [0.15, 0.2) is 52.7 Å². The number of non-ortho nitro benzene ring substituents is 1. The number of hydrogen-bond donors (Lipinski definition) is 1. The Balaban J connectivity index is 1.88. The van der Waals surface area contributed by atoms with Crippen LogP contribution in [0.5, 0.6) is 11.5 Å².